The second-order valence-electron chi connectivity index (χ2n) is 8.01. The van der Waals surface area contributed by atoms with E-state index in [9.17, 15) is 4.79 Å². The van der Waals surface area contributed by atoms with Crippen molar-refractivity contribution >= 4 is 17.2 Å². The molecule has 0 N–H and O–H groups in total. The van der Waals surface area contributed by atoms with Gasteiger partial charge in [-0.2, -0.15) is 5.10 Å². The average molecular weight is 445 g/mol. The molecular formula is C25H24N4O2S. The van der Waals surface area contributed by atoms with Crippen molar-refractivity contribution in [2.45, 2.75) is 25.8 Å². The summed E-state index contributed by atoms with van der Waals surface area (Å²) in [5, 5.41) is 4.16. The van der Waals surface area contributed by atoms with Crippen LogP contribution in [0.15, 0.2) is 61.2 Å². The molecule has 0 bridgehead atoms. The van der Waals surface area contributed by atoms with Crippen LogP contribution in [0.3, 0.4) is 0 Å². The van der Waals surface area contributed by atoms with Crippen LogP contribution >= 0.6 is 11.3 Å². The van der Waals surface area contributed by atoms with Gasteiger partial charge in [0.1, 0.15) is 18.4 Å². The van der Waals surface area contributed by atoms with E-state index >= 15 is 0 Å². The van der Waals surface area contributed by atoms with Crippen LogP contribution < -0.4 is 4.74 Å². The topological polar surface area (TPSA) is 60.2 Å². The molecule has 0 unspecified atom stereocenters. The second-order valence-corrected chi connectivity index (χ2v) is 9.06. The third-order valence-corrected chi connectivity index (χ3v) is 7.40. The SMILES string of the molecule is COc1ccc2c(c1)CCc1cc(C(=O)N(C)[C@H](C)c3ccc(-n4cncn4)cc3)sc1-2. The largest absolute Gasteiger partial charge is 0.497 e. The Balaban J connectivity index is 1.37. The van der Waals surface area contributed by atoms with Gasteiger partial charge in [0.15, 0.2) is 0 Å². The van der Waals surface area contributed by atoms with Crippen LogP contribution in [0.5, 0.6) is 5.75 Å². The summed E-state index contributed by atoms with van der Waals surface area (Å²) in [7, 11) is 3.56. The van der Waals surface area contributed by atoms with Crippen LogP contribution in [0, 0.1) is 0 Å². The zero-order valence-electron chi connectivity index (χ0n) is 18.3. The van der Waals surface area contributed by atoms with E-state index in [0.29, 0.717) is 0 Å². The first-order chi connectivity index (χ1) is 15.5. The van der Waals surface area contributed by atoms with E-state index in [4.69, 9.17) is 4.74 Å². The highest BCUT2D eigenvalue weighted by atomic mass is 32.1. The number of hydrogen-bond donors (Lipinski definition) is 0. The number of ether oxygens (including phenoxy) is 1. The van der Waals surface area contributed by atoms with E-state index in [-0.39, 0.29) is 11.9 Å². The molecule has 5 rings (SSSR count). The Bertz CT molecular complexity index is 1260. The summed E-state index contributed by atoms with van der Waals surface area (Å²) in [5.74, 6) is 0.927. The Morgan fingerprint density at radius 1 is 1.12 bits per heavy atom. The molecule has 162 valence electrons. The van der Waals surface area contributed by atoms with Crippen LogP contribution in [0.25, 0.3) is 16.1 Å². The second kappa shape index (κ2) is 8.24. The first kappa shape index (κ1) is 20.5. The van der Waals surface area contributed by atoms with Crippen LogP contribution in [0.1, 0.15) is 39.3 Å². The lowest BCUT2D eigenvalue weighted by atomic mass is 9.91. The molecule has 2 heterocycles. The minimum Gasteiger partial charge on any atom is -0.497 e. The lowest BCUT2D eigenvalue weighted by molar-refractivity contribution is 0.0747. The summed E-state index contributed by atoms with van der Waals surface area (Å²) < 4.78 is 7.09. The molecule has 0 spiro atoms. The van der Waals surface area contributed by atoms with E-state index < -0.39 is 0 Å². The number of aromatic nitrogens is 3. The van der Waals surface area contributed by atoms with Crippen molar-refractivity contribution in [3.63, 3.8) is 0 Å². The molecule has 6 nitrogen and oxygen atoms in total. The maximum Gasteiger partial charge on any atom is 0.264 e. The van der Waals surface area contributed by atoms with Gasteiger partial charge in [-0.1, -0.05) is 12.1 Å². The van der Waals surface area contributed by atoms with E-state index in [1.54, 1.807) is 29.5 Å². The maximum absolute atomic E-state index is 13.3. The molecule has 2 aromatic heterocycles. The fourth-order valence-electron chi connectivity index (χ4n) is 4.16. The Morgan fingerprint density at radius 3 is 2.62 bits per heavy atom. The van der Waals surface area contributed by atoms with Crippen LogP contribution in [0.2, 0.25) is 0 Å². The molecule has 4 aromatic rings. The predicted molar refractivity (Wildman–Crippen MR) is 126 cm³/mol. The predicted octanol–water partition coefficient (Wildman–Crippen LogP) is 4.94. The monoisotopic (exact) mass is 444 g/mol. The summed E-state index contributed by atoms with van der Waals surface area (Å²) in [6, 6.07) is 16.3. The van der Waals surface area contributed by atoms with E-state index in [1.165, 1.54) is 27.9 Å². The van der Waals surface area contributed by atoms with Gasteiger partial charge >= 0.3 is 0 Å². The average Bonchev–Trinajstić information content (AvgIpc) is 3.52. The fourth-order valence-corrected chi connectivity index (χ4v) is 5.42. The van der Waals surface area contributed by atoms with Gasteiger partial charge in [0.05, 0.1) is 23.7 Å². The first-order valence-corrected chi connectivity index (χ1v) is 11.4. The number of benzene rings is 2. The maximum atomic E-state index is 13.3. The molecule has 0 saturated carbocycles. The molecule has 0 saturated heterocycles. The number of carbonyl (C=O) groups excluding carboxylic acids is 1. The highest BCUT2D eigenvalue weighted by molar-refractivity contribution is 7.17. The van der Waals surface area contributed by atoms with Crippen molar-refractivity contribution in [2.24, 2.45) is 0 Å². The molecule has 0 aliphatic heterocycles. The summed E-state index contributed by atoms with van der Waals surface area (Å²) in [4.78, 5) is 21.1. The molecule has 7 heteroatoms. The number of aryl methyl sites for hydroxylation is 2. The van der Waals surface area contributed by atoms with Gasteiger partial charge < -0.3 is 9.64 Å². The summed E-state index contributed by atoms with van der Waals surface area (Å²) in [5.41, 5.74) is 5.77. The molecule has 32 heavy (non-hydrogen) atoms. The molecular weight excluding hydrogens is 420 g/mol. The van der Waals surface area contributed by atoms with Gasteiger partial charge in [0.25, 0.3) is 5.91 Å². The van der Waals surface area contributed by atoms with Gasteiger partial charge in [-0.3, -0.25) is 4.79 Å². The van der Waals surface area contributed by atoms with Gasteiger partial charge in [-0.15, -0.1) is 11.3 Å². The summed E-state index contributed by atoms with van der Waals surface area (Å²) in [6.07, 6.45) is 5.09. The van der Waals surface area contributed by atoms with Crippen molar-refractivity contribution in [3.8, 4) is 21.9 Å². The zero-order valence-corrected chi connectivity index (χ0v) is 19.1. The smallest absolute Gasteiger partial charge is 0.264 e. The molecule has 1 amide bonds. The first-order valence-electron chi connectivity index (χ1n) is 10.6. The lowest BCUT2D eigenvalue weighted by Crippen LogP contribution is -2.29. The molecule has 1 aliphatic carbocycles. The standard InChI is InChI=1S/C25H24N4O2S/c1-16(17-6-8-20(9-7-17)29-15-26-14-27-29)28(2)25(30)23-13-19-5-4-18-12-21(31-3)10-11-22(18)24(19)32-23/h6-16H,4-5H2,1-3H3/t16-/m1/s1. The number of hydrogen-bond acceptors (Lipinski definition) is 5. The quantitative estimate of drug-likeness (QED) is 0.438. The third kappa shape index (κ3) is 3.58. The van der Waals surface area contributed by atoms with Gasteiger partial charge in [0, 0.05) is 11.9 Å². The minimum atomic E-state index is -0.0528. The van der Waals surface area contributed by atoms with E-state index in [0.717, 1.165) is 34.7 Å². The van der Waals surface area contributed by atoms with Crippen molar-refractivity contribution in [1.29, 1.82) is 0 Å². The van der Waals surface area contributed by atoms with Crippen LogP contribution in [-0.2, 0) is 12.8 Å². The normalized spacial score (nSPS) is 13.2. The molecule has 2 aromatic carbocycles. The van der Waals surface area contributed by atoms with Crippen molar-refractivity contribution < 1.29 is 9.53 Å². The summed E-state index contributed by atoms with van der Waals surface area (Å²) >= 11 is 1.59. The Hall–Kier alpha value is -3.45. The highest BCUT2D eigenvalue weighted by Crippen LogP contribution is 2.41. The number of carbonyl (C=O) groups is 1. The lowest BCUT2D eigenvalue weighted by Gasteiger charge is -2.25. The van der Waals surface area contributed by atoms with Crippen LogP contribution in [0.4, 0.5) is 0 Å². The van der Waals surface area contributed by atoms with E-state index in [2.05, 4.69) is 35.2 Å². The number of rotatable bonds is 5. The van der Waals surface area contributed by atoms with Crippen molar-refractivity contribution in [2.75, 3.05) is 14.2 Å². The molecule has 1 atom stereocenters. The Labute approximate surface area is 191 Å². The van der Waals surface area contributed by atoms with Crippen LogP contribution in [-0.4, -0.2) is 39.7 Å². The van der Waals surface area contributed by atoms with Gasteiger partial charge in [0.2, 0.25) is 0 Å². The number of thiophene rings is 1. The van der Waals surface area contributed by atoms with Gasteiger partial charge in [-0.05, 0) is 78.4 Å². The Morgan fingerprint density at radius 2 is 1.91 bits per heavy atom. The van der Waals surface area contributed by atoms with E-state index in [1.807, 2.05) is 42.3 Å². The number of methoxy groups -OCH3 is 1. The molecule has 0 radical (unpaired) electrons. The van der Waals surface area contributed by atoms with Crippen molar-refractivity contribution in [1.82, 2.24) is 19.7 Å². The van der Waals surface area contributed by atoms with Crippen molar-refractivity contribution in [3.05, 3.63) is 82.8 Å². The number of nitrogens with zero attached hydrogens (tertiary/aromatic N) is 4. The molecule has 0 fully saturated rings. The number of fused-ring (bicyclic) bond motifs is 3. The minimum absolute atomic E-state index is 0.0484. The highest BCUT2D eigenvalue weighted by Gasteiger charge is 2.25. The number of amides is 1. The Kier molecular flexibility index (Phi) is 5.27. The fraction of sp³-hybridized carbons (Fsp3) is 0.240. The zero-order chi connectivity index (χ0) is 22.2. The molecule has 1 aliphatic rings. The summed E-state index contributed by atoms with van der Waals surface area (Å²) in [6.45, 7) is 2.05. The third-order valence-electron chi connectivity index (χ3n) is 6.20. The van der Waals surface area contributed by atoms with Gasteiger partial charge in [-0.25, -0.2) is 9.67 Å².